The number of anilines is 1. The molecular formula is C10H11BrClN. The lowest BCUT2D eigenvalue weighted by Crippen LogP contribution is -1.85. The van der Waals surface area contributed by atoms with Crippen LogP contribution in [-0.4, -0.2) is 5.33 Å². The van der Waals surface area contributed by atoms with Gasteiger partial charge in [0.2, 0.25) is 0 Å². The molecule has 0 bridgehead atoms. The zero-order valence-electron chi connectivity index (χ0n) is 7.13. The fourth-order valence-electron chi connectivity index (χ4n) is 0.929. The van der Waals surface area contributed by atoms with Gasteiger partial charge in [-0.05, 0) is 24.1 Å². The molecule has 3 heteroatoms. The lowest BCUT2D eigenvalue weighted by atomic mass is 10.2. The van der Waals surface area contributed by atoms with Gasteiger partial charge in [-0.1, -0.05) is 45.7 Å². The van der Waals surface area contributed by atoms with Crippen LogP contribution in [0.5, 0.6) is 0 Å². The van der Waals surface area contributed by atoms with Crippen LogP contribution in [0.3, 0.4) is 0 Å². The van der Waals surface area contributed by atoms with Gasteiger partial charge in [-0.3, -0.25) is 0 Å². The van der Waals surface area contributed by atoms with Crippen LogP contribution < -0.4 is 5.73 Å². The maximum Gasteiger partial charge on any atom is 0.0641 e. The molecule has 0 spiro atoms. The van der Waals surface area contributed by atoms with E-state index in [2.05, 4.69) is 22.0 Å². The van der Waals surface area contributed by atoms with Crippen molar-refractivity contribution in [3.8, 4) is 0 Å². The Bertz CT molecular complexity index is 310. The summed E-state index contributed by atoms with van der Waals surface area (Å²) in [7, 11) is 0. The number of benzene rings is 1. The number of hydrogen-bond donors (Lipinski definition) is 1. The van der Waals surface area contributed by atoms with E-state index in [9.17, 15) is 0 Å². The Morgan fingerprint density at radius 2 is 2.23 bits per heavy atom. The average Bonchev–Trinajstić information content (AvgIpc) is 2.12. The Balaban J connectivity index is 2.73. The summed E-state index contributed by atoms with van der Waals surface area (Å²) in [5.74, 6) is 0. The lowest BCUT2D eigenvalue weighted by molar-refractivity contribution is 1.27. The molecule has 0 heterocycles. The Morgan fingerprint density at radius 3 is 2.85 bits per heavy atom. The van der Waals surface area contributed by atoms with Crippen LogP contribution in [0, 0.1) is 0 Å². The fraction of sp³-hybridized carbons (Fsp3) is 0.200. The van der Waals surface area contributed by atoms with Crippen molar-refractivity contribution in [3.05, 3.63) is 34.9 Å². The van der Waals surface area contributed by atoms with Crippen molar-refractivity contribution in [2.45, 2.75) is 6.42 Å². The number of nitrogen functional groups attached to an aromatic ring is 1. The van der Waals surface area contributed by atoms with Crippen LogP contribution in [0.1, 0.15) is 12.0 Å². The lowest BCUT2D eigenvalue weighted by Gasteiger charge is -1.98. The molecule has 0 saturated heterocycles. The van der Waals surface area contributed by atoms with Crippen LogP contribution in [0.15, 0.2) is 24.3 Å². The molecule has 0 aliphatic carbocycles. The minimum Gasteiger partial charge on any atom is -0.398 e. The first-order valence-electron chi connectivity index (χ1n) is 4.01. The second-order valence-electron chi connectivity index (χ2n) is 2.66. The fourth-order valence-corrected chi connectivity index (χ4v) is 1.38. The van der Waals surface area contributed by atoms with Gasteiger partial charge in [0.05, 0.1) is 10.7 Å². The smallest absolute Gasteiger partial charge is 0.0641 e. The van der Waals surface area contributed by atoms with Crippen LogP contribution in [0.4, 0.5) is 5.69 Å². The molecule has 0 amide bonds. The Hall–Kier alpha value is -0.470. The first-order valence-corrected chi connectivity index (χ1v) is 5.51. The summed E-state index contributed by atoms with van der Waals surface area (Å²) in [6.07, 6.45) is 5.14. The highest BCUT2D eigenvalue weighted by Gasteiger charge is 1.94. The third kappa shape index (κ3) is 3.41. The van der Waals surface area contributed by atoms with E-state index in [1.165, 1.54) is 0 Å². The molecule has 0 radical (unpaired) electrons. The first kappa shape index (κ1) is 10.6. The van der Waals surface area contributed by atoms with Gasteiger partial charge >= 0.3 is 0 Å². The topological polar surface area (TPSA) is 26.0 Å². The maximum atomic E-state index is 5.86. The van der Waals surface area contributed by atoms with Gasteiger partial charge in [-0.2, -0.15) is 0 Å². The Morgan fingerprint density at radius 1 is 1.46 bits per heavy atom. The summed E-state index contributed by atoms with van der Waals surface area (Å²) in [4.78, 5) is 0. The van der Waals surface area contributed by atoms with Gasteiger partial charge in [0.15, 0.2) is 0 Å². The van der Waals surface area contributed by atoms with Crippen molar-refractivity contribution >= 4 is 39.3 Å². The van der Waals surface area contributed by atoms with Crippen LogP contribution in [-0.2, 0) is 0 Å². The second kappa shape index (κ2) is 5.30. The van der Waals surface area contributed by atoms with E-state index in [0.29, 0.717) is 10.7 Å². The van der Waals surface area contributed by atoms with E-state index < -0.39 is 0 Å². The summed E-state index contributed by atoms with van der Waals surface area (Å²) in [5.41, 5.74) is 7.29. The molecule has 0 atom stereocenters. The highest BCUT2D eigenvalue weighted by atomic mass is 79.9. The van der Waals surface area contributed by atoms with E-state index >= 15 is 0 Å². The quantitative estimate of drug-likeness (QED) is 0.650. The minimum absolute atomic E-state index is 0.612. The minimum atomic E-state index is 0.612. The molecule has 0 aliphatic heterocycles. The number of allylic oxidation sites excluding steroid dienone is 1. The Labute approximate surface area is 91.7 Å². The van der Waals surface area contributed by atoms with E-state index in [0.717, 1.165) is 17.3 Å². The second-order valence-corrected chi connectivity index (χ2v) is 3.86. The summed E-state index contributed by atoms with van der Waals surface area (Å²) in [5, 5.41) is 1.59. The summed E-state index contributed by atoms with van der Waals surface area (Å²) in [6, 6.07) is 5.63. The molecule has 13 heavy (non-hydrogen) atoms. The summed E-state index contributed by atoms with van der Waals surface area (Å²) < 4.78 is 0. The van der Waals surface area contributed by atoms with Crippen molar-refractivity contribution in [1.82, 2.24) is 0 Å². The average molecular weight is 261 g/mol. The van der Waals surface area contributed by atoms with Gasteiger partial charge in [-0.25, -0.2) is 0 Å². The molecule has 1 nitrogen and oxygen atoms in total. The highest BCUT2D eigenvalue weighted by molar-refractivity contribution is 9.09. The van der Waals surface area contributed by atoms with Crippen LogP contribution in [0.25, 0.3) is 6.08 Å². The van der Waals surface area contributed by atoms with Crippen molar-refractivity contribution in [2.24, 2.45) is 0 Å². The Kier molecular flexibility index (Phi) is 4.33. The molecule has 1 aromatic rings. The molecule has 0 saturated carbocycles. The maximum absolute atomic E-state index is 5.86. The predicted molar refractivity (Wildman–Crippen MR) is 63.3 cm³/mol. The van der Waals surface area contributed by atoms with Crippen molar-refractivity contribution in [1.29, 1.82) is 0 Å². The number of hydrogen-bond acceptors (Lipinski definition) is 1. The van der Waals surface area contributed by atoms with Gasteiger partial charge in [0.25, 0.3) is 0 Å². The summed E-state index contributed by atoms with van der Waals surface area (Å²) >= 11 is 9.21. The normalized spacial score (nSPS) is 10.9. The molecular weight excluding hydrogens is 249 g/mol. The molecule has 0 aromatic heterocycles. The number of alkyl halides is 1. The monoisotopic (exact) mass is 259 g/mol. The van der Waals surface area contributed by atoms with Crippen molar-refractivity contribution in [2.75, 3.05) is 11.1 Å². The van der Waals surface area contributed by atoms with Crippen LogP contribution in [0.2, 0.25) is 5.02 Å². The van der Waals surface area contributed by atoms with Crippen molar-refractivity contribution in [3.63, 3.8) is 0 Å². The highest BCUT2D eigenvalue weighted by Crippen LogP contribution is 2.20. The van der Waals surface area contributed by atoms with E-state index in [1.54, 1.807) is 0 Å². The molecule has 0 fully saturated rings. The standard InChI is InChI=1S/C10H11BrClN/c11-6-2-1-3-8-4-5-10(13)9(12)7-8/h1,3-5,7H,2,6,13H2. The zero-order chi connectivity index (χ0) is 9.68. The van der Waals surface area contributed by atoms with E-state index in [4.69, 9.17) is 17.3 Å². The largest absolute Gasteiger partial charge is 0.398 e. The molecule has 0 unspecified atom stereocenters. The number of halogens is 2. The van der Waals surface area contributed by atoms with Gasteiger partial charge in [-0.15, -0.1) is 0 Å². The van der Waals surface area contributed by atoms with Gasteiger partial charge in [0.1, 0.15) is 0 Å². The number of rotatable bonds is 3. The van der Waals surface area contributed by atoms with E-state index in [-0.39, 0.29) is 0 Å². The third-order valence-electron chi connectivity index (χ3n) is 1.61. The van der Waals surface area contributed by atoms with E-state index in [1.807, 2.05) is 24.3 Å². The summed E-state index contributed by atoms with van der Waals surface area (Å²) in [6.45, 7) is 0. The number of nitrogens with two attached hydrogens (primary N) is 1. The first-order chi connectivity index (χ1) is 6.24. The SMILES string of the molecule is Nc1ccc(C=CCCBr)cc1Cl. The van der Waals surface area contributed by atoms with Gasteiger partial charge < -0.3 is 5.73 Å². The van der Waals surface area contributed by atoms with Crippen molar-refractivity contribution < 1.29 is 0 Å². The van der Waals surface area contributed by atoms with Crippen LogP contribution >= 0.6 is 27.5 Å². The molecule has 70 valence electrons. The predicted octanol–water partition coefficient (Wildman–Crippen LogP) is 3.72. The molecule has 2 N–H and O–H groups in total. The molecule has 0 aliphatic rings. The van der Waals surface area contributed by atoms with Gasteiger partial charge in [0, 0.05) is 5.33 Å². The molecule has 1 aromatic carbocycles. The third-order valence-corrected chi connectivity index (χ3v) is 2.40. The molecule has 1 rings (SSSR count). The zero-order valence-corrected chi connectivity index (χ0v) is 9.48.